The van der Waals surface area contributed by atoms with Crippen molar-refractivity contribution >= 4 is 17.7 Å². The number of aromatic nitrogens is 2. The van der Waals surface area contributed by atoms with E-state index in [-0.39, 0.29) is 36.1 Å². The molecule has 0 unspecified atom stereocenters. The van der Waals surface area contributed by atoms with E-state index in [1.807, 2.05) is 0 Å². The van der Waals surface area contributed by atoms with Crippen molar-refractivity contribution in [3.05, 3.63) is 17.5 Å². The van der Waals surface area contributed by atoms with E-state index in [1.165, 1.54) is 4.68 Å². The average Bonchev–Trinajstić information content (AvgIpc) is 2.92. The van der Waals surface area contributed by atoms with E-state index in [9.17, 15) is 14.4 Å². The van der Waals surface area contributed by atoms with Crippen LogP contribution in [0.3, 0.4) is 0 Å². The lowest BCUT2D eigenvalue weighted by molar-refractivity contribution is -0.139. The third kappa shape index (κ3) is 2.28. The van der Waals surface area contributed by atoms with Crippen molar-refractivity contribution in [2.45, 2.75) is 39.5 Å². The Kier molecular flexibility index (Phi) is 3.39. The summed E-state index contributed by atoms with van der Waals surface area (Å²) in [6.45, 7) is 3.38. The van der Waals surface area contributed by atoms with Gasteiger partial charge in [0.15, 0.2) is 0 Å². The van der Waals surface area contributed by atoms with Crippen LogP contribution in [0.5, 0.6) is 0 Å². The Morgan fingerprint density at radius 1 is 1.19 bits per heavy atom. The third-order valence-corrected chi connectivity index (χ3v) is 4.47. The number of aryl methyl sites for hydroxylation is 2. The van der Waals surface area contributed by atoms with Crippen molar-refractivity contribution in [2.24, 2.45) is 11.8 Å². The van der Waals surface area contributed by atoms with E-state index in [0.29, 0.717) is 5.69 Å². The molecule has 2 heterocycles. The molecule has 1 aromatic rings. The summed E-state index contributed by atoms with van der Waals surface area (Å²) in [7, 11) is 0. The molecule has 0 spiro atoms. The highest BCUT2D eigenvalue weighted by Crippen LogP contribution is 2.37. The van der Waals surface area contributed by atoms with E-state index in [1.54, 1.807) is 19.9 Å². The van der Waals surface area contributed by atoms with Crippen LogP contribution in [0.2, 0.25) is 0 Å². The molecule has 0 N–H and O–H groups in total. The zero-order valence-electron chi connectivity index (χ0n) is 12.3. The average molecular weight is 289 g/mol. The fourth-order valence-corrected chi connectivity index (χ4v) is 3.47. The third-order valence-electron chi connectivity index (χ3n) is 4.47. The summed E-state index contributed by atoms with van der Waals surface area (Å²) in [5, 5.41) is 4.11. The van der Waals surface area contributed by atoms with Crippen molar-refractivity contribution in [3.8, 4) is 0 Å². The lowest BCUT2D eigenvalue weighted by Gasteiger charge is -2.19. The number of likely N-dealkylation sites (tertiary alicyclic amines) is 1. The fraction of sp³-hybridized carbons (Fsp3) is 0.600. The van der Waals surface area contributed by atoms with Crippen molar-refractivity contribution in [1.29, 1.82) is 0 Å². The Morgan fingerprint density at radius 3 is 2.24 bits per heavy atom. The number of carbonyl (C=O) groups excluding carboxylic acids is 3. The maximum absolute atomic E-state index is 12.3. The molecule has 1 saturated heterocycles. The minimum absolute atomic E-state index is 0.181. The van der Waals surface area contributed by atoms with Gasteiger partial charge in [-0.1, -0.05) is 12.8 Å². The maximum atomic E-state index is 12.3. The number of hydrogen-bond acceptors (Lipinski definition) is 4. The molecular weight excluding hydrogens is 270 g/mol. The molecular formula is C15H19N3O3. The Balaban J connectivity index is 1.78. The van der Waals surface area contributed by atoms with Gasteiger partial charge in [-0.25, -0.2) is 4.68 Å². The van der Waals surface area contributed by atoms with Gasteiger partial charge in [0.25, 0.3) is 5.91 Å². The number of nitrogens with zero attached hydrogens (tertiary/aromatic N) is 3. The molecule has 21 heavy (non-hydrogen) atoms. The molecule has 1 aliphatic carbocycles. The van der Waals surface area contributed by atoms with Crippen molar-refractivity contribution in [2.75, 3.05) is 6.54 Å². The first-order chi connectivity index (χ1) is 9.99. The van der Waals surface area contributed by atoms with Crippen LogP contribution >= 0.6 is 0 Å². The van der Waals surface area contributed by atoms with Gasteiger partial charge in [-0.2, -0.15) is 5.10 Å². The smallest absolute Gasteiger partial charge is 0.267 e. The summed E-state index contributed by atoms with van der Waals surface area (Å²) >= 11 is 0. The molecule has 3 rings (SSSR count). The molecule has 0 aromatic carbocycles. The number of rotatable bonds is 2. The molecule has 0 radical (unpaired) electrons. The van der Waals surface area contributed by atoms with Crippen molar-refractivity contribution < 1.29 is 14.4 Å². The second-order valence-corrected chi connectivity index (χ2v) is 5.99. The molecule has 0 bridgehead atoms. The zero-order chi connectivity index (χ0) is 15.1. The summed E-state index contributed by atoms with van der Waals surface area (Å²) in [6.07, 6.45) is 3.50. The standard InChI is InChI=1S/C15H19N3O3/c1-9-7-10(2)18(16-9)13(19)8-17-14(20)11-5-3-4-6-12(11)15(17)21/h7,11-12H,3-6,8H2,1-2H3/t11-,12-/m1/s1. The van der Waals surface area contributed by atoms with Crippen molar-refractivity contribution in [3.63, 3.8) is 0 Å². The molecule has 112 valence electrons. The predicted molar refractivity (Wildman–Crippen MR) is 74.5 cm³/mol. The second kappa shape index (κ2) is 5.09. The molecule has 2 aliphatic rings. The number of carbonyl (C=O) groups is 3. The fourth-order valence-electron chi connectivity index (χ4n) is 3.47. The summed E-state index contributed by atoms with van der Waals surface area (Å²) in [5.41, 5.74) is 1.46. The van der Waals surface area contributed by atoms with Crippen molar-refractivity contribution in [1.82, 2.24) is 14.7 Å². The SMILES string of the molecule is Cc1cc(C)n(C(=O)CN2C(=O)[C@@H]3CCCC[C@H]3C2=O)n1. The van der Waals surface area contributed by atoms with Crippen LogP contribution < -0.4 is 0 Å². The van der Waals surface area contributed by atoms with E-state index in [2.05, 4.69) is 5.10 Å². The Morgan fingerprint density at radius 2 is 1.76 bits per heavy atom. The molecule has 1 aromatic heterocycles. The Bertz CT molecular complexity index is 596. The van der Waals surface area contributed by atoms with Gasteiger partial charge in [0, 0.05) is 5.69 Å². The molecule has 2 fully saturated rings. The van der Waals surface area contributed by atoms with Crippen LogP contribution in [-0.2, 0) is 9.59 Å². The first-order valence-corrected chi connectivity index (χ1v) is 7.40. The lowest BCUT2D eigenvalue weighted by Crippen LogP contribution is -2.38. The van der Waals surface area contributed by atoms with E-state index < -0.39 is 0 Å². The van der Waals surface area contributed by atoms with Gasteiger partial charge in [0.1, 0.15) is 6.54 Å². The molecule has 1 saturated carbocycles. The van der Waals surface area contributed by atoms with E-state index >= 15 is 0 Å². The highest BCUT2D eigenvalue weighted by molar-refractivity contribution is 6.07. The van der Waals surface area contributed by atoms with Gasteiger partial charge in [-0.05, 0) is 32.8 Å². The summed E-state index contributed by atoms with van der Waals surface area (Å²) in [4.78, 5) is 38.1. The highest BCUT2D eigenvalue weighted by atomic mass is 16.2. The first-order valence-electron chi connectivity index (χ1n) is 7.40. The lowest BCUT2D eigenvalue weighted by atomic mass is 9.81. The highest BCUT2D eigenvalue weighted by Gasteiger charge is 2.48. The van der Waals surface area contributed by atoms with Crippen LogP contribution in [0.4, 0.5) is 0 Å². The summed E-state index contributed by atoms with van der Waals surface area (Å²) < 4.78 is 1.28. The van der Waals surface area contributed by atoms with Gasteiger partial charge >= 0.3 is 0 Å². The van der Waals surface area contributed by atoms with Gasteiger partial charge in [-0.15, -0.1) is 0 Å². The van der Waals surface area contributed by atoms with Crippen LogP contribution in [-0.4, -0.2) is 38.9 Å². The largest absolute Gasteiger partial charge is 0.274 e. The van der Waals surface area contributed by atoms with Crippen LogP contribution in [0.1, 0.15) is 41.9 Å². The van der Waals surface area contributed by atoms with Crippen LogP contribution in [0.15, 0.2) is 6.07 Å². The van der Waals surface area contributed by atoms with E-state index in [0.717, 1.165) is 36.3 Å². The summed E-state index contributed by atoms with van der Waals surface area (Å²) in [5.74, 6) is -1.11. The number of hydrogen-bond donors (Lipinski definition) is 0. The molecule has 6 heteroatoms. The second-order valence-electron chi connectivity index (χ2n) is 5.99. The monoisotopic (exact) mass is 289 g/mol. The number of amides is 2. The predicted octanol–water partition coefficient (Wildman–Crippen LogP) is 1.32. The number of imide groups is 1. The van der Waals surface area contributed by atoms with Gasteiger partial charge < -0.3 is 0 Å². The Labute approximate surface area is 123 Å². The first kappa shape index (κ1) is 14.0. The van der Waals surface area contributed by atoms with E-state index in [4.69, 9.17) is 0 Å². The molecule has 6 nitrogen and oxygen atoms in total. The zero-order valence-corrected chi connectivity index (χ0v) is 12.3. The summed E-state index contributed by atoms with van der Waals surface area (Å²) in [6, 6.07) is 1.80. The molecule has 1 aliphatic heterocycles. The topological polar surface area (TPSA) is 72.3 Å². The maximum Gasteiger partial charge on any atom is 0.267 e. The minimum Gasteiger partial charge on any atom is -0.274 e. The molecule has 2 atom stereocenters. The van der Waals surface area contributed by atoms with Gasteiger partial charge in [0.05, 0.1) is 17.5 Å². The minimum atomic E-state index is -0.332. The quantitative estimate of drug-likeness (QED) is 0.770. The van der Waals surface area contributed by atoms with Gasteiger partial charge in [-0.3, -0.25) is 19.3 Å². The van der Waals surface area contributed by atoms with Crippen LogP contribution in [0.25, 0.3) is 0 Å². The normalized spacial score (nSPS) is 25.3. The Hall–Kier alpha value is -1.98. The molecule has 2 amide bonds. The van der Waals surface area contributed by atoms with Crippen LogP contribution in [0, 0.1) is 25.7 Å². The number of fused-ring (bicyclic) bond motifs is 1. The van der Waals surface area contributed by atoms with Gasteiger partial charge in [0.2, 0.25) is 11.8 Å².